The van der Waals surface area contributed by atoms with Crippen LogP contribution in [0.25, 0.3) is 0 Å². The van der Waals surface area contributed by atoms with E-state index in [0.29, 0.717) is 6.42 Å². The van der Waals surface area contributed by atoms with Crippen LogP contribution < -0.4 is 5.32 Å². The van der Waals surface area contributed by atoms with Gasteiger partial charge in [-0.15, -0.1) is 0 Å². The summed E-state index contributed by atoms with van der Waals surface area (Å²) in [6.07, 6.45) is 0.564. The summed E-state index contributed by atoms with van der Waals surface area (Å²) in [5.41, 5.74) is -0.0327. The van der Waals surface area contributed by atoms with Crippen molar-refractivity contribution in [1.29, 1.82) is 0 Å². The van der Waals surface area contributed by atoms with E-state index in [1.54, 1.807) is 7.11 Å². The van der Waals surface area contributed by atoms with Crippen LogP contribution in [0.4, 0.5) is 5.69 Å². The van der Waals surface area contributed by atoms with Gasteiger partial charge in [0.25, 0.3) is 0 Å². The minimum absolute atomic E-state index is 0.248. The van der Waals surface area contributed by atoms with Crippen LogP contribution in [0.15, 0.2) is 28.7 Å². The molecule has 1 unspecified atom stereocenters. The highest BCUT2D eigenvalue weighted by Crippen LogP contribution is 2.27. The summed E-state index contributed by atoms with van der Waals surface area (Å²) < 4.78 is 10.9. The summed E-state index contributed by atoms with van der Waals surface area (Å²) in [5, 5.41) is 3.22. The van der Waals surface area contributed by atoms with Gasteiger partial charge >= 0.3 is 5.97 Å². The van der Waals surface area contributed by atoms with Gasteiger partial charge < -0.3 is 14.8 Å². The Labute approximate surface area is 116 Å². The minimum Gasteiger partial charge on any atom is -0.467 e. The molecule has 0 aliphatic rings. The second-order valence-corrected chi connectivity index (χ2v) is 4.82. The number of esters is 1. The van der Waals surface area contributed by atoms with Gasteiger partial charge in [0, 0.05) is 17.3 Å². The molecule has 0 spiro atoms. The molecule has 5 heteroatoms. The van der Waals surface area contributed by atoms with Crippen LogP contribution in [0.3, 0.4) is 0 Å². The van der Waals surface area contributed by atoms with E-state index in [4.69, 9.17) is 9.47 Å². The first kappa shape index (κ1) is 15.0. The monoisotopic (exact) mass is 315 g/mol. The van der Waals surface area contributed by atoms with Crippen molar-refractivity contribution in [1.82, 2.24) is 0 Å². The molecule has 0 radical (unpaired) electrons. The largest absolute Gasteiger partial charge is 0.467 e. The van der Waals surface area contributed by atoms with Gasteiger partial charge in [0.2, 0.25) is 0 Å². The Bertz CT molecular complexity index is 411. The topological polar surface area (TPSA) is 47.6 Å². The molecule has 4 nitrogen and oxygen atoms in total. The third-order valence-corrected chi connectivity index (χ3v) is 3.51. The Hall–Kier alpha value is -1.07. The number of ether oxygens (including phenoxy) is 2. The van der Waals surface area contributed by atoms with E-state index in [9.17, 15) is 4.79 Å². The van der Waals surface area contributed by atoms with Crippen molar-refractivity contribution in [3.63, 3.8) is 0 Å². The number of anilines is 1. The molecule has 0 heterocycles. The smallest absolute Gasteiger partial charge is 0.333 e. The molecule has 0 bridgehead atoms. The number of hydrogen-bond acceptors (Lipinski definition) is 4. The van der Waals surface area contributed by atoms with Crippen LogP contribution >= 0.6 is 15.9 Å². The van der Waals surface area contributed by atoms with Crippen LogP contribution in [0, 0.1) is 0 Å². The Morgan fingerprint density at radius 2 is 2.06 bits per heavy atom. The van der Waals surface area contributed by atoms with Crippen LogP contribution in [-0.2, 0) is 14.3 Å². The SMILES string of the molecule is CCC(COC)(Nc1ccccc1Br)C(=O)OC. The fraction of sp³-hybridized carbons (Fsp3) is 0.462. The lowest BCUT2D eigenvalue weighted by atomic mass is 9.96. The number of methoxy groups -OCH3 is 2. The molecule has 18 heavy (non-hydrogen) atoms. The number of rotatable bonds is 6. The quantitative estimate of drug-likeness (QED) is 0.820. The van der Waals surface area contributed by atoms with Gasteiger partial charge in [0.1, 0.15) is 0 Å². The number of carbonyl (C=O) groups is 1. The summed E-state index contributed by atoms with van der Waals surface area (Å²) in [7, 11) is 2.94. The average molecular weight is 316 g/mol. The predicted molar refractivity (Wildman–Crippen MR) is 74.7 cm³/mol. The fourth-order valence-electron chi connectivity index (χ4n) is 1.74. The van der Waals surface area contributed by atoms with E-state index < -0.39 is 5.54 Å². The average Bonchev–Trinajstić information content (AvgIpc) is 2.39. The van der Waals surface area contributed by atoms with Crippen molar-refractivity contribution in [2.45, 2.75) is 18.9 Å². The van der Waals surface area contributed by atoms with Crippen molar-refractivity contribution in [2.24, 2.45) is 0 Å². The third kappa shape index (κ3) is 3.23. The Kier molecular flexibility index (Phi) is 5.62. The Balaban J connectivity index is 3.04. The van der Waals surface area contributed by atoms with Crippen LogP contribution in [0.5, 0.6) is 0 Å². The van der Waals surface area contributed by atoms with E-state index >= 15 is 0 Å². The first-order valence-corrected chi connectivity index (χ1v) is 6.49. The number of benzene rings is 1. The van der Waals surface area contributed by atoms with Gasteiger partial charge in [0.05, 0.1) is 13.7 Å². The highest BCUT2D eigenvalue weighted by Gasteiger charge is 2.38. The summed E-state index contributed by atoms with van der Waals surface area (Å²) >= 11 is 3.44. The van der Waals surface area contributed by atoms with Gasteiger partial charge in [-0.3, -0.25) is 0 Å². The molecule has 0 saturated carbocycles. The zero-order chi connectivity index (χ0) is 13.6. The minimum atomic E-state index is -0.868. The summed E-state index contributed by atoms with van der Waals surface area (Å²) in [6, 6.07) is 7.62. The second kappa shape index (κ2) is 6.75. The lowest BCUT2D eigenvalue weighted by molar-refractivity contribution is -0.148. The molecule has 0 aliphatic carbocycles. The number of carbonyl (C=O) groups excluding carboxylic acids is 1. The molecular formula is C13H18BrNO3. The van der Waals surface area contributed by atoms with Crippen molar-refractivity contribution in [3.05, 3.63) is 28.7 Å². The van der Waals surface area contributed by atoms with E-state index in [1.165, 1.54) is 7.11 Å². The van der Waals surface area contributed by atoms with Crippen molar-refractivity contribution >= 4 is 27.6 Å². The van der Waals surface area contributed by atoms with Crippen molar-refractivity contribution < 1.29 is 14.3 Å². The van der Waals surface area contributed by atoms with Crippen molar-refractivity contribution in [3.8, 4) is 0 Å². The van der Waals surface area contributed by atoms with Crippen LogP contribution in [0.2, 0.25) is 0 Å². The highest BCUT2D eigenvalue weighted by atomic mass is 79.9. The van der Waals surface area contributed by atoms with Crippen LogP contribution in [-0.4, -0.2) is 32.3 Å². The Morgan fingerprint density at radius 1 is 1.39 bits per heavy atom. The molecule has 1 aromatic rings. The van der Waals surface area contributed by atoms with Gasteiger partial charge in [-0.25, -0.2) is 4.79 Å². The number of para-hydroxylation sites is 1. The normalized spacial score (nSPS) is 13.8. The highest BCUT2D eigenvalue weighted by molar-refractivity contribution is 9.10. The Morgan fingerprint density at radius 3 is 2.56 bits per heavy atom. The molecule has 1 N–H and O–H groups in total. The summed E-state index contributed by atoms with van der Waals surface area (Å²) in [5.74, 6) is -0.331. The third-order valence-electron chi connectivity index (χ3n) is 2.82. The second-order valence-electron chi connectivity index (χ2n) is 3.97. The van der Waals surface area contributed by atoms with E-state index in [1.807, 2.05) is 31.2 Å². The first-order valence-electron chi connectivity index (χ1n) is 5.69. The maximum atomic E-state index is 12.0. The zero-order valence-electron chi connectivity index (χ0n) is 10.8. The molecule has 0 saturated heterocycles. The number of hydrogen-bond donors (Lipinski definition) is 1. The molecule has 0 fully saturated rings. The molecule has 1 atom stereocenters. The van der Waals surface area contributed by atoms with Gasteiger partial charge in [-0.1, -0.05) is 19.1 Å². The molecule has 1 rings (SSSR count). The lowest BCUT2D eigenvalue weighted by Crippen LogP contribution is -2.50. The van der Waals surface area contributed by atoms with Gasteiger partial charge in [0.15, 0.2) is 5.54 Å². The van der Waals surface area contributed by atoms with Crippen molar-refractivity contribution in [2.75, 3.05) is 26.1 Å². The molecule has 1 aromatic carbocycles. The summed E-state index contributed by atoms with van der Waals surface area (Å²) in [6.45, 7) is 2.16. The van der Waals surface area contributed by atoms with E-state index in [2.05, 4.69) is 21.2 Å². The van der Waals surface area contributed by atoms with E-state index in [0.717, 1.165) is 10.2 Å². The number of halogens is 1. The first-order chi connectivity index (χ1) is 8.59. The predicted octanol–water partition coefficient (Wildman–Crippen LogP) is 2.83. The van der Waals surface area contributed by atoms with Gasteiger partial charge in [-0.05, 0) is 34.5 Å². The van der Waals surface area contributed by atoms with Gasteiger partial charge in [-0.2, -0.15) is 0 Å². The molecule has 0 aromatic heterocycles. The molecule has 100 valence electrons. The molecular weight excluding hydrogens is 298 g/mol. The molecule has 0 amide bonds. The van der Waals surface area contributed by atoms with E-state index in [-0.39, 0.29) is 12.6 Å². The lowest BCUT2D eigenvalue weighted by Gasteiger charge is -2.31. The fourth-order valence-corrected chi connectivity index (χ4v) is 2.13. The maximum Gasteiger partial charge on any atom is 0.333 e. The van der Waals surface area contributed by atoms with Crippen LogP contribution in [0.1, 0.15) is 13.3 Å². The molecule has 0 aliphatic heterocycles. The standard InChI is InChI=1S/C13H18BrNO3/c1-4-13(9-17-2,12(16)18-3)15-11-8-6-5-7-10(11)14/h5-8,15H,4,9H2,1-3H3. The maximum absolute atomic E-state index is 12.0. The zero-order valence-corrected chi connectivity index (χ0v) is 12.4. The summed E-state index contributed by atoms with van der Waals surface area (Å²) in [4.78, 5) is 12.0. The number of nitrogens with one attached hydrogen (secondary N) is 1.